The summed E-state index contributed by atoms with van der Waals surface area (Å²) in [4.78, 5) is 30.0. The number of pyridine rings is 1. The zero-order valence-corrected chi connectivity index (χ0v) is 20.9. The van der Waals surface area contributed by atoms with E-state index in [-0.39, 0.29) is 35.5 Å². The topological polar surface area (TPSA) is 105 Å². The molecule has 38 heavy (non-hydrogen) atoms. The lowest BCUT2D eigenvalue weighted by Gasteiger charge is -2.24. The maximum Gasteiger partial charge on any atom is 0.253 e. The van der Waals surface area contributed by atoms with Crippen LogP contribution >= 0.6 is 0 Å². The molecule has 4 heterocycles. The summed E-state index contributed by atoms with van der Waals surface area (Å²) < 4.78 is 17.2. The van der Waals surface area contributed by atoms with Crippen molar-refractivity contribution in [2.75, 3.05) is 18.4 Å². The lowest BCUT2D eigenvalue weighted by Crippen LogP contribution is -2.48. The molecule has 0 aliphatic carbocycles. The van der Waals surface area contributed by atoms with Gasteiger partial charge >= 0.3 is 0 Å². The molecule has 6 rings (SSSR count). The highest BCUT2D eigenvalue weighted by molar-refractivity contribution is 6.08. The number of aromatic nitrogens is 4. The minimum Gasteiger partial charge on any atom is -0.350 e. The third-order valence-electron chi connectivity index (χ3n) is 6.99. The summed E-state index contributed by atoms with van der Waals surface area (Å²) in [5.41, 5.74) is 4.55. The fourth-order valence-corrected chi connectivity index (χ4v) is 4.69. The molecule has 0 spiro atoms. The predicted octanol–water partition coefficient (Wildman–Crippen LogP) is 3.68. The first kappa shape index (κ1) is 23.8. The van der Waals surface area contributed by atoms with Gasteiger partial charge in [0.25, 0.3) is 5.91 Å². The van der Waals surface area contributed by atoms with Gasteiger partial charge < -0.3 is 15.2 Å². The quantitative estimate of drug-likeness (QED) is 0.323. The molecule has 1 aliphatic rings. The van der Waals surface area contributed by atoms with Gasteiger partial charge in [-0.3, -0.25) is 14.9 Å². The number of carbonyl (C=O) groups excluding carboxylic acids is 2. The number of anilines is 1. The number of amides is 2. The Balaban J connectivity index is 1.28. The van der Waals surface area contributed by atoms with Crippen LogP contribution in [-0.2, 0) is 11.8 Å². The first-order valence-corrected chi connectivity index (χ1v) is 12.4. The van der Waals surface area contributed by atoms with Gasteiger partial charge in [0.1, 0.15) is 5.82 Å². The van der Waals surface area contributed by atoms with Crippen LogP contribution in [-0.4, -0.2) is 44.1 Å². The second-order valence-electron chi connectivity index (χ2n) is 9.63. The Bertz CT molecular complexity index is 1700. The van der Waals surface area contributed by atoms with Crippen LogP contribution in [0.5, 0.6) is 0 Å². The van der Waals surface area contributed by atoms with E-state index in [2.05, 4.69) is 26.0 Å². The van der Waals surface area contributed by atoms with Crippen molar-refractivity contribution in [3.63, 3.8) is 0 Å². The van der Waals surface area contributed by atoms with Crippen molar-refractivity contribution in [3.8, 4) is 11.1 Å². The van der Waals surface area contributed by atoms with Gasteiger partial charge in [0.2, 0.25) is 11.9 Å². The molecule has 2 amide bonds. The van der Waals surface area contributed by atoms with E-state index in [0.717, 1.165) is 22.0 Å². The summed E-state index contributed by atoms with van der Waals surface area (Å²) in [5, 5.41) is 14.0. The van der Waals surface area contributed by atoms with E-state index in [0.29, 0.717) is 29.9 Å². The summed E-state index contributed by atoms with van der Waals surface area (Å²) in [6.45, 7) is 3.15. The Labute approximate surface area is 217 Å². The summed E-state index contributed by atoms with van der Waals surface area (Å²) in [6, 6.07) is 15.6. The molecule has 3 N–H and O–H groups in total. The highest BCUT2D eigenvalue weighted by atomic mass is 19.1. The number of benzene rings is 2. The molecule has 192 valence electrons. The minimum atomic E-state index is -0.359. The zero-order valence-electron chi connectivity index (χ0n) is 20.9. The van der Waals surface area contributed by atoms with Crippen LogP contribution in [0.25, 0.3) is 27.7 Å². The lowest BCUT2D eigenvalue weighted by atomic mass is 10.0. The van der Waals surface area contributed by atoms with Gasteiger partial charge in [-0.2, -0.15) is 4.98 Å². The Morgan fingerprint density at radius 3 is 2.68 bits per heavy atom. The lowest BCUT2D eigenvalue weighted by molar-refractivity contribution is -0.121. The monoisotopic (exact) mass is 511 g/mol. The van der Waals surface area contributed by atoms with Crippen LogP contribution in [0, 0.1) is 11.7 Å². The van der Waals surface area contributed by atoms with Gasteiger partial charge in [-0.25, -0.2) is 8.91 Å². The number of nitrogens with zero attached hydrogens (tertiary/aromatic N) is 4. The Kier molecular flexibility index (Phi) is 5.88. The first-order chi connectivity index (χ1) is 18.4. The van der Waals surface area contributed by atoms with Crippen molar-refractivity contribution >= 4 is 34.3 Å². The number of nitrogens with one attached hydrogen (secondary N) is 3. The summed E-state index contributed by atoms with van der Waals surface area (Å²) >= 11 is 0. The average Bonchev–Trinajstić information content (AvgIpc) is 3.42. The zero-order chi connectivity index (χ0) is 26.4. The van der Waals surface area contributed by atoms with Gasteiger partial charge in [0.05, 0.1) is 17.5 Å². The standard InChI is InChI=1S/C28H26FN7O2/c1-16(17-4-3-5-21(29)10-17)31-27(38)23-15-35(2)24-7-6-18(11-22(23)24)19-8-9-36-25(12-19)32-28(34-36)33-26(37)20-13-30-14-20/h3-12,15-16,20,30H,13-14H2,1-2H3,(H,31,38)(H,33,34,37)/t16-/m0/s1. The SMILES string of the molecule is C[C@H](NC(=O)c1cn(C)c2ccc(-c3ccn4nc(NC(=O)C5CNC5)nc4c3)cc12)c1cccc(F)c1. The van der Waals surface area contributed by atoms with Crippen LogP contribution in [0.3, 0.4) is 0 Å². The molecule has 1 aliphatic heterocycles. The van der Waals surface area contributed by atoms with Crippen LogP contribution in [0.4, 0.5) is 10.3 Å². The fourth-order valence-electron chi connectivity index (χ4n) is 4.69. The van der Waals surface area contributed by atoms with Gasteiger partial charge in [0, 0.05) is 43.4 Å². The molecule has 0 unspecified atom stereocenters. The van der Waals surface area contributed by atoms with Gasteiger partial charge in [-0.1, -0.05) is 18.2 Å². The highest BCUT2D eigenvalue weighted by Gasteiger charge is 2.25. The maximum atomic E-state index is 13.7. The van der Waals surface area contributed by atoms with Crippen LogP contribution in [0.2, 0.25) is 0 Å². The summed E-state index contributed by atoms with van der Waals surface area (Å²) in [6.07, 6.45) is 3.60. The number of aryl methyl sites for hydroxylation is 1. The number of fused-ring (bicyclic) bond motifs is 2. The van der Waals surface area contributed by atoms with Crippen LogP contribution < -0.4 is 16.0 Å². The second-order valence-corrected chi connectivity index (χ2v) is 9.63. The first-order valence-electron chi connectivity index (χ1n) is 12.4. The van der Waals surface area contributed by atoms with E-state index in [1.807, 2.05) is 48.9 Å². The largest absolute Gasteiger partial charge is 0.350 e. The van der Waals surface area contributed by atoms with E-state index in [4.69, 9.17) is 0 Å². The molecule has 1 fully saturated rings. The number of halogens is 1. The van der Waals surface area contributed by atoms with Gasteiger partial charge in [-0.15, -0.1) is 5.10 Å². The molecule has 10 heteroatoms. The summed E-state index contributed by atoms with van der Waals surface area (Å²) in [5.74, 6) is -0.457. The number of carbonyl (C=O) groups is 2. The molecule has 1 saturated heterocycles. The number of rotatable bonds is 6. The van der Waals surface area contributed by atoms with E-state index >= 15 is 0 Å². The fraction of sp³-hybridized carbons (Fsp3) is 0.214. The number of hydrogen-bond donors (Lipinski definition) is 3. The molecule has 1 atom stereocenters. The minimum absolute atomic E-state index is 0.0574. The normalized spacial score (nSPS) is 14.4. The third-order valence-corrected chi connectivity index (χ3v) is 6.99. The van der Waals surface area contributed by atoms with Crippen LogP contribution in [0.1, 0.15) is 28.9 Å². The van der Waals surface area contributed by atoms with Crippen molar-refractivity contribution in [3.05, 3.63) is 83.9 Å². The molecule has 3 aromatic heterocycles. The predicted molar refractivity (Wildman–Crippen MR) is 142 cm³/mol. The van der Waals surface area contributed by atoms with Gasteiger partial charge in [-0.05, 0) is 60.0 Å². The highest BCUT2D eigenvalue weighted by Crippen LogP contribution is 2.29. The smallest absolute Gasteiger partial charge is 0.253 e. The third kappa shape index (κ3) is 4.39. The number of hydrogen-bond acceptors (Lipinski definition) is 5. The molecule has 0 saturated carbocycles. The molecule has 2 aromatic carbocycles. The van der Waals surface area contributed by atoms with E-state index in [1.54, 1.807) is 29.0 Å². The Morgan fingerprint density at radius 2 is 1.92 bits per heavy atom. The van der Waals surface area contributed by atoms with Crippen molar-refractivity contribution < 1.29 is 14.0 Å². The van der Waals surface area contributed by atoms with E-state index in [9.17, 15) is 14.0 Å². The van der Waals surface area contributed by atoms with E-state index in [1.165, 1.54) is 12.1 Å². The van der Waals surface area contributed by atoms with E-state index < -0.39 is 0 Å². The molecule has 0 radical (unpaired) electrons. The molecule has 0 bridgehead atoms. The maximum absolute atomic E-state index is 13.7. The Morgan fingerprint density at radius 1 is 1.11 bits per heavy atom. The second kappa shape index (κ2) is 9.38. The van der Waals surface area contributed by atoms with Gasteiger partial charge in [0.15, 0.2) is 5.65 Å². The molecule has 9 nitrogen and oxygen atoms in total. The molecular weight excluding hydrogens is 485 g/mol. The average molecular weight is 512 g/mol. The van der Waals surface area contributed by atoms with Crippen molar-refractivity contribution in [2.45, 2.75) is 13.0 Å². The van der Waals surface area contributed by atoms with Crippen LogP contribution in [0.15, 0.2) is 67.0 Å². The molecular formula is C28H26FN7O2. The molecule has 5 aromatic rings. The van der Waals surface area contributed by atoms with Crippen molar-refractivity contribution in [1.29, 1.82) is 0 Å². The van der Waals surface area contributed by atoms with Crippen molar-refractivity contribution in [1.82, 2.24) is 29.8 Å². The summed E-state index contributed by atoms with van der Waals surface area (Å²) in [7, 11) is 1.90. The Hall–Kier alpha value is -4.57. The van der Waals surface area contributed by atoms with Crippen molar-refractivity contribution in [2.24, 2.45) is 13.0 Å².